The minimum absolute atomic E-state index is 0.0356. The van der Waals surface area contributed by atoms with Crippen molar-refractivity contribution in [3.05, 3.63) is 77.9 Å². The van der Waals surface area contributed by atoms with E-state index in [4.69, 9.17) is 0 Å². The van der Waals surface area contributed by atoms with Crippen LogP contribution in [0.5, 0.6) is 0 Å². The Bertz CT molecular complexity index is 1250. The van der Waals surface area contributed by atoms with Crippen LogP contribution in [0.15, 0.2) is 61.1 Å². The highest BCUT2D eigenvalue weighted by molar-refractivity contribution is 6.42. The number of hydrogen-bond donors (Lipinski definition) is 0. The zero-order valence-corrected chi connectivity index (χ0v) is 16.6. The summed E-state index contributed by atoms with van der Waals surface area (Å²) in [5.74, 6) is 0.0356. The summed E-state index contributed by atoms with van der Waals surface area (Å²) < 4.78 is 1.77. The van der Waals surface area contributed by atoms with Crippen molar-refractivity contribution < 1.29 is 4.79 Å². The largest absolute Gasteiger partial charge is 0.339 e. The lowest BCUT2D eigenvalue weighted by atomic mass is 9.59. The molecule has 140 valence electrons. The molecule has 6 nitrogen and oxygen atoms in total. The third-order valence-electron chi connectivity index (χ3n) is 5.64. The third-order valence-corrected chi connectivity index (χ3v) is 5.64. The molecule has 0 N–H and O–H groups in total. The molecule has 8 heteroatoms. The van der Waals surface area contributed by atoms with Gasteiger partial charge in [-0.05, 0) is 29.3 Å². The third kappa shape index (κ3) is 2.83. The molecule has 1 aliphatic heterocycles. The van der Waals surface area contributed by atoms with Gasteiger partial charge < -0.3 is 4.90 Å². The fourth-order valence-corrected chi connectivity index (χ4v) is 4.04. The minimum Gasteiger partial charge on any atom is -0.339 e. The fraction of sp³-hybridized carbons (Fsp3) is 0.143. The first-order valence-electron chi connectivity index (χ1n) is 9.60. The van der Waals surface area contributed by atoms with Crippen LogP contribution in [0.25, 0.3) is 22.2 Å². The van der Waals surface area contributed by atoms with Crippen LogP contribution in [0.4, 0.5) is 0 Å². The second-order valence-electron chi connectivity index (χ2n) is 7.99. The summed E-state index contributed by atoms with van der Waals surface area (Å²) in [5, 5.41) is 4.91. The summed E-state index contributed by atoms with van der Waals surface area (Å²) in [6.07, 6.45) is 5.56. The smallest absolute Gasteiger partial charge is 0.255 e. The van der Waals surface area contributed by atoms with Gasteiger partial charge in [0.05, 0.1) is 11.3 Å². The van der Waals surface area contributed by atoms with Gasteiger partial charge in [-0.3, -0.25) is 14.5 Å². The number of amides is 1. The van der Waals surface area contributed by atoms with E-state index in [0.717, 1.165) is 33.4 Å². The molecule has 0 saturated heterocycles. The lowest BCUT2D eigenvalue weighted by Gasteiger charge is -2.32. The molecule has 4 heterocycles. The van der Waals surface area contributed by atoms with Gasteiger partial charge in [-0.2, -0.15) is 5.10 Å². The van der Waals surface area contributed by atoms with Gasteiger partial charge in [0.15, 0.2) is 5.65 Å². The second kappa shape index (κ2) is 6.30. The molecular weight excluding hydrogens is 360 g/mol. The van der Waals surface area contributed by atoms with Crippen molar-refractivity contribution >= 4 is 32.6 Å². The molecule has 0 spiro atoms. The Kier molecular flexibility index (Phi) is 3.84. The van der Waals surface area contributed by atoms with Gasteiger partial charge in [0.2, 0.25) is 0 Å². The maximum Gasteiger partial charge on any atom is 0.255 e. The molecule has 1 aromatic carbocycles. The summed E-state index contributed by atoms with van der Waals surface area (Å²) >= 11 is 0. The standard InChI is InChI=1S/C21H19B2N5O/c1-27-12-16-9-15(10-25-19(16)26-27)14-6-4-13(5-7-14)11-28-20(29)17-3-2-8-24-18(17)21(28,22)23/h2-10,12H,11,22-23H2,1H3. The van der Waals surface area contributed by atoms with Crippen molar-refractivity contribution in [2.45, 2.75) is 11.9 Å². The lowest BCUT2D eigenvalue weighted by Crippen LogP contribution is -2.44. The SMILES string of the molecule is BC1(B)c2ncccc2C(=O)N1Cc1ccc(-c2cnc3nn(C)cc3c2)cc1. The van der Waals surface area contributed by atoms with Crippen molar-refractivity contribution in [3.63, 3.8) is 0 Å². The van der Waals surface area contributed by atoms with Crippen LogP contribution in [0, 0.1) is 0 Å². The van der Waals surface area contributed by atoms with Crippen molar-refractivity contribution in [1.29, 1.82) is 0 Å². The van der Waals surface area contributed by atoms with Gasteiger partial charge in [0, 0.05) is 48.5 Å². The molecule has 0 aliphatic carbocycles. The van der Waals surface area contributed by atoms with E-state index in [1.807, 2.05) is 52.2 Å². The molecular formula is C21H19B2N5O. The number of carbonyl (C=O) groups is 1. The quantitative estimate of drug-likeness (QED) is 0.500. The number of fused-ring (bicyclic) bond motifs is 2. The van der Waals surface area contributed by atoms with Crippen molar-refractivity contribution in [3.8, 4) is 11.1 Å². The number of aryl methyl sites for hydroxylation is 1. The predicted octanol–water partition coefficient (Wildman–Crippen LogP) is 1.06. The van der Waals surface area contributed by atoms with Crippen LogP contribution >= 0.6 is 0 Å². The van der Waals surface area contributed by atoms with Gasteiger partial charge in [0.25, 0.3) is 5.91 Å². The summed E-state index contributed by atoms with van der Waals surface area (Å²) in [7, 11) is 5.99. The molecule has 0 bridgehead atoms. The first-order chi connectivity index (χ1) is 13.9. The van der Waals surface area contributed by atoms with Gasteiger partial charge >= 0.3 is 0 Å². The normalized spacial score (nSPS) is 15.1. The average molecular weight is 379 g/mol. The molecule has 0 radical (unpaired) electrons. The maximum absolute atomic E-state index is 12.9. The fourth-order valence-electron chi connectivity index (χ4n) is 4.04. The molecule has 4 aromatic rings. The maximum atomic E-state index is 12.9. The predicted molar refractivity (Wildman–Crippen MR) is 117 cm³/mol. The Hall–Kier alpha value is -3.41. The molecule has 3 aromatic heterocycles. The highest BCUT2D eigenvalue weighted by Gasteiger charge is 2.43. The number of pyridine rings is 2. The van der Waals surface area contributed by atoms with Crippen LogP contribution in [-0.2, 0) is 18.9 Å². The molecule has 0 atom stereocenters. The molecule has 1 amide bonds. The van der Waals surface area contributed by atoms with E-state index in [-0.39, 0.29) is 5.91 Å². The van der Waals surface area contributed by atoms with E-state index < -0.39 is 5.34 Å². The van der Waals surface area contributed by atoms with E-state index in [0.29, 0.717) is 12.1 Å². The monoisotopic (exact) mass is 379 g/mol. The minimum atomic E-state index is -0.429. The van der Waals surface area contributed by atoms with E-state index in [2.05, 4.69) is 45.4 Å². The molecule has 0 saturated carbocycles. The van der Waals surface area contributed by atoms with Gasteiger partial charge in [-0.15, -0.1) is 0 Å². The Labute approximate surface area is 170 Å². The number of rotatable bonds is 3. The van der Waals surface area contributed by atoms with E-state index >= 15 is 0 Å². The highest BCUT2D eigenvalue weighted by Crippen LogP contribution is 2.34. The van der Waals surface area contributed by atoms with Crippen molar-refractivity contribution in [2.75, 3.05) is 0 Å². The number of benzene rings is 1. The first-order valence-corrected chi connectivity index (χ1v) is 9.60. The zero-order chi connectivity index (χ0) is 20.2. The number of nitrogens with zero attached hydrogens (tertiary/aromatic N) is 5. The van der Waals surface area contributed by atoms with Crippen molar-refractivity contribution in [2.24, 2.45) is 7.05 Å². The molecule has 5 rings (SSSR count). The van der Waals surface area contributed by atoms with Gasteiger partial charge in [0.1, 0.15) is 15.7 Å². The molecule has 1 aliphatic rings. The van der Waals surface area contributed by atoms with Crippen LogP contribution in [0.2, 0.25) is 0 Å². The van der Waals surface area contributed by atoms with E-state index in [1.165, 1.54) is 0 Å². The number of aromatic nitrogens is 4. The summed E-state index contributed by atoms with van der Waals surface area (Å²) in [4.78, 5) is 23.7. The first kappa shape index (κ1) is 17.7. The zero-order valence-electron chi connectivity index (χ0n) is 16.6. The molecule has 29 heavy (non-hydrogen) atoms. The van der Waals surface area contributed by atoms with Gasteiger partial charge in [-0.25, -0.2) is 4.98 Å². The summed E-state index contributed by atoms with van der Waals surface area (Å²) in [6, 6.07) is 14.1. The lowest BCUT2D eigenvalue weighted by molar-refractivity contribution is 0.0731. The Morgan fingerprint density at radius 2 is 1.86 bits per heavy atom. The van der Waals surface area contributed by atoms with Gasteiger partial charge in [-0.1, -0.05) is 24.3 Å². The second-order valence-corrected chi connectivity index (χ2v) is 7.99. The Morgan fingerprint density at radius 1 is 1.07 bits per heavy atom. The summed E-state index contributed by atoms with van der Waals surface area (Å²) in [6.45, 7) is 0.544. The average Bonchev–Trinajstić information content (AvgIpc) is 3.18. The van der Waals surface area contributed by atoms with E-state index in [9.17, 15) is 4.79 Å². The van der Waals surface area contributed by atoms with Crippen molar-refractivity contribution in [1.82, 2.24) is 24.6 Å². The van der Waals surface area contributed by atoms with Crippen LogP contribution in [0.3, 0.4) is 0 Å². The van der Waals surface area contributed by atoms with Crippen LogP contribution in [0.1, 0.15) is 21.6 Å². The Morgan fingerprint density at radius 3 is 2.62 bits per heavy atom. The van der Waals surface area contributed by atoms with Crippen LogP contribution < -0.4 is 0 Å². The number of carbonyl (C=O) groups excluding carboxylic acids is 1. The van der Waals surface area contributed by atoms with E-state index in [1.54, 1.807) is 10.9 Å². The topological polar surface area (TPSA) is 63.9 Å². The highest BCUT2D eigenvalue weighted by atomic mass is 16.2. The molecule has 0 fully saturated rings. The Balaban J connectivity index is 1.41. The molecule has 0 unspecified atom stereocenters. The van der Waals surface area contributed by atoms with Crippen LogP contribution in [-0.4, -0.2) is 46.2 Å². The number of hydrogen-bond acceptors (Lipinski definition) is 4. The summed E-state index contributed by atoms with van der Waals surface area (Å²) in [5.41, 5.74) is 5.51.